The van der Waals surface area contributed by atoms with Crippen molar-refractivity contribution in [3.63, 3.8) is 0 Å². The second kappa shape index (κ2) is 3.63. The number of benzene rings is 1. The molecule has 0 spiro atoms. The van der Waals surface area contributed by atoms with Crippen LogP contribution in [0.3, 0.4) is 0 Å². The Morgan fingerprint density at radius 3 is 2.67 bits per heavy atom. The van der Waals surface area contributed by atoms with Crippen LogP contribution in [0.5, 0.6) is 0 Å². The molecular weight excluding hydrogens is 221 g/mol. The smallest absolute Gasteiger partial charge is 0.150 e. The fourth-order valence-electron chi connectivity index (χ4n) is 0.908. The van der Waals surface area contributed by atoms with Crippen LogP contribution in [0.25, 0.3) is 6.08 Å². The molecule has 0 amide bonds. The first-order valence-corrected chi connectivity index (χ1v) is 4.06. The van der Waals surface area contributed by atoms with E-state index < -0.39 is 5.82 Å². The summed E-state index contributed by atoms with van der Waals surface area (Å²) in [7, 11) is 0. The molecular formula is C9H7BrFN. The largest absolute Gasteiger partial charge is 0.261 e. The van der Waals surface area contributed by atoms with Crippen molar-refractivity contribution in [1.29, 1.82) is 0 Å². The number of rotatable bonds is 2. The Hall–Kier alpha value is -0.960. The molecule has 0 aromatic heterocycles. The summed E-state index contributed by atoms with van der Waals surface area (Å²) in [5, 5.41) is 0. The number of halogens is 2. The zero-order valence-corrected chi connectivity index (χ0v) is 7.94. The molecule has 0 saturated carbocycles. The van der Waals surface area contributed by atoms with Gasteiger partial charge in [0.15, 0.2) is 5.82 Å². The SMILES string of the molecule is C=Cc1cc(Br)cc(F)c1N=C. The maximum absolute atomic E-state index is 13.1. The van der Waals surface area contributed by atoms with E-state index in [-0.39, 0.29) is 5.69 Å². The molecule has 0 fully saturated rings. The van der Waals surface area contributed by atoms with E-state index in [1.54, 1.807) is 6.07 Å². The van der Waals surface area contributed by atoms with Gasteiger partial charge in [0.25, 0.3) is 0 Å². The second-order valence-electron chi connectivity index (χ2n) is 2.19. The van der Waals surface area contributed by atoms with Gasteiger partial charge < -0.3 is 0 Å². The fraction of sp³-hybridized carbons (Fsp3) is 0. The van der Waals surface area contributed by atoms with Crippen LogP contribution in [0.15, 0.2) is 28.2 Å². The molecule has 0 radical (unpaired) electrons. The first-order chi connectivity index (χ1) is 5.69. The predicted molar refractivity (Wildman–Crippen MR) is 53.4 cm³/mol. The average molecular weight is 228 g/mol. The van der Waals surface area contributed by atoms with Gasteiger partial charge >= 0.3 is 0 Å². The van der Waals surface area contributed by atoms with Gasteiger partial charge in [0.05, 0.1) is 0 Å². The quantitative estimate of drug-likeness (QED) is 0.686. The Bertz CT molecular complexity index is 334. The molecule has 0 N–H and O–H groups in total. The zero-order valence-electron chi connectivity index (χ0n) is 6.35. The van der Waals surface area contributed by atoms with E-state index >= 15 is 0 Å². The summed E-state index contributed by atoms with van der Waals surface area (Å²) in [6, 6.07) is 3.08. The van der Waals surface area contributed by atoms with E-state index in [0.717, 1.165) is 0 Å². The summed E-state index contributed by atoms with van der Waals surface area (Å²) in [5.41, 5.74) is 0.880. The molecule has 0 heterocycles. The summed E-state index contributed by atoms with van der Waals surface area (Å²) in [6.45, 7) is 6.82. The number of hydrogen-bond donors (Lipinski definition) is 0. The Kier molecular flexibility index (Phi) is 2.76. The molecule has 1 nitrogen and oxygen atoms in total. The second-order valence-corrected chi connectivity index (χ2v) is 3.10. The van der Waals surface area contributed by atoms with Crippen LogP contribution in [0.2, 0.25) is 0 Å². The lowest BCUT2D eigenvalue weighted by Crippen LogP contribution is -1.81. The van der Waals surface area contributed by atoms with Crippen molar-refractivity contribution in [3.05, 3.63) is 34.6 Å². The molecule has 0 aliphatic heterocycles. The highest BCUT2D eigenvalue weighted by molar-refractivity contribution is 9.10. The topological polar surface area (TPSA) is 12.4 Å². The van der Waals surface area contributed by atoms with Crippen molar-refractivity contribution < 1.29 is 4.39 Å². The Balaban J connectivity index is 3.43. The van der Waals surface area contributed by atoms with E-state index in [4.69, 9.17) is 0 Å². The van der Waals surface area contributed by atoms with E-state index in [1.807, 2.05) is 0 Å². The van der Waals surface area contributed by atoms with Gasteiger partial charge in [-0.15, -0.1) is 0 Å². The van der Waals surface area contributed by atoms with Crippen molar-refractivity contribution >= 4 is 34.4 Å². The first kappa shape index (κ1) is 9.13. The van der Waals surface area contributed by atoms with Gasteiger partial charge in [0.2, 0.25) is 0 Å². The predicted octanol–water partition coefficient (Wildman–Crippen LogP) is 3.56. The zero-order chi connectivity index (χ0) is 9.14. The Morgan fingerprint density at radius 1 is 1.50 bits per heavy atom. The summed E-state index contributed by atoms with van der Waals surface area (Å²) in [6.07, 6.45) is 1.54. The number of aliphatic imine (C=N–C) groups is 1. The van der Waals surface area contributed by atoms with E-state index in [9.17, 15) is 4.39 Å². The lowest BCUT2D eigenvalue weighted by atomic mass is 10.2. The summed E-state index contributed by atoms with van der Waals surface area (Å²) < 4.78 is 13.8. The normalized spacial score (nSPS) is 9.50. The average Bonchev–Trinajstić information content (AvgIpc) is 2.03. The highest BCUT2D eigenvalue weighted by atomic mass is 79.9. The lowest BCUT2D eigenvalue weighted by molar-refractivity contribution is 0.629. The van der Waals surface area contributed by atoms with Gasteiger partial charge in [-0.05, 0) is 18.9 Å². The molecule has 0 atom stereocenters. The third-order valence-electron chi connectivity index (χ3n) is 1.44. The van der Waals surface area contributed by atoms with E-state index in [1.165, 1.54) is 12.1 Å². The van der Waals surface area contributed by atoms with Crippen LogP contribution in [0.1, 0.15) is 5.56 Å². The van der Waals surface area contributed by atoms with Gasteiger partial charge in [0.1, 0.15) is 5.69 Å². The summed E-state index contributed by atoms with van der Waals surface area (Å²) in [4.78, 5) is 3.56. The third-order valence-corrected chi connectivity index (χ3v) is 1.89. The van der Waals surface area contributed by atoms with Crippen molar-refractivity contribution in [3.8, 4) is 0 Å². The minimum Gasteiger partial charge on any atom is -0.261 e. The number of nitrogens with zero attached hydrogens (tertiary/aromatic N) is 1. The van der Waals surface area contributed by atoms with Gasteiger partial charge in [-0.3, -0.25) is 4.99 Å². The molecule has 12 heavy (non-hydrogen) atoms. The molecule has 3 heteroatoms. The molecule has 62 valence electrons. The fourth-order valence-corrected chi connectivity index (χ4v) is 1.36. The Morgan fingerprint density at radius 2 is 2.17 bits per heavy atom. The molecule has 0 aliphatic rings. The molecule has 1 rings (SSSR count). The molecule has 1 aromatic rings. The minimum absolute atomic E-state index is 0.244. The van der Waals surface area contributed by atoms with Crippen molar-refractivity contribution in [2.45, 2.75) is 0 Å². The summed E-state index contributed by atoms with van der Waals surface area (Å²) >= 11 is 3.17. The maximum Gasteiger partial charge on any atom is 0.150 e. The molecule has 1 aromatic carbocycles. The van der Waals surface area contributed by atoms with E-state index in [2.05, 4.69) is 34.2 Å². The van der Waals surface area contributed by atoms with Gasteiger partial charge in [-0.1, -0.05) is 28.6 Å². The highest BCUT2D eigenvalue weighted by Crippen LogP contribution is 2.27. The monoisotopic (exact) mass is 227 g/mol. The standard InChI is InChI=1S/C9H7BrFN/c1-3-6-4-7(10)5-8(11)9(6)12-2/h3-5H,1-2H2. The molecule has 0 saturated heterocycles. The van der Waals surface area contributed by atoms with Crippen LogP contribution in [0, 0.1) is 5.82 Å². The van der Waals surface area contributed by atoms with Gasteiger partial charge in [-0.25, -0.2) is 4.39 Å². The van der Waals surface area contributed by atoms with Crippen molar-refractivity contribution in [2.75, 3.05) is 0 Å². The number of hydrogen-bond acceptors (Lipinski definition) is 1. The molecule has 0 unspecified atom stereocenters. The van der Waals surface area contributed by atoms with Gasteiger partial charge in [0, 0.05) is 10.0 Å². The van der Waals surface area contributed by atoms with Crippen LogP contribution in [-0.4, -0.2) is 6.72 Å². The van der Waals surface area contributed by atoms with Crippen LogP contribution in [0.4, 0.5) is 10.1 Å². The molecule has 0 aliphatic carbocycles. The van der Waals surface area contributed by atoms with Crippen LogP contribution < -0.4 is 0 Å². The van der Waals surface area contributed by atoms with Crippen molar-refractivity contribution in [1.82, 2.24) is 0 Å². The molecule has 0 bridgehead atoms. The summed E-state index contributed by atoms with van der Waals surface area (Å²) in [5.74, 6) is -0.394. The van der Waals surface area contributed by atoms with Crippen LogP contribution in [-0.2, 0) is 0 Å². The van der Waals surface area contributed by atoms with Gasteiger partial charge in [-0.2, -0.15) is 0 Å². The van der Waals surface area contributed by atoms with Crippen LogP contribution >= 0.6 is 15.9 Å². The first-order valence-electron chi connectivity index (χ1n) is 3.27. The highest BCUT2D eigenvalue weighted by Gasteiger charge is 2.05. The minimum atomic E-state index is -0.394. The Labute approximate surface area is 78.8 Å². The van der Waals surface area contributed by atoms with E-state index in [0.29, 0.717) is 10.0 Å². The maximum atomic E-state index is 13.1. The van der Waals surface area contributed by atoms with Crippen molar-refractivity contribution in [2.24, 2.45) is 4.99 Å². The lowest BCUT2D eigenvalue weighted by Gasteiger charge is -2.01. The third kappa shape index (κ3) is 1.61.